The summed E-state index contributed by atoms with van der Waals surface area (Å²) in [6.45, 7) is 0.750. The molecule has 0 aliphatic rings. The van der Waals surface area contributed by atoms with Crippen LogP contribution in [0.25, 0.3) is 0 Å². The molecule has 0 saturated carbocycles. The van der Waals surface area contributed by atoms with Gasteiger partial charge in [0.25, 0.3) is 10.2 Å². The van der Waals surface area contributed by atoms with Gasteiger partial charge in [0.15, 0.2) is 0 Å². The molecule has 0 saturated heterocycles. The predicted octanol–water partition coefficient (Wildman–Crippen LogP) is -0.963. The van der Waals surface area contributed by atoms with Crippen molar-refractivity contribution in [3.63, 3.8) is 0 Å². The lowest BCUT2D eigenvalue weighted by Gasteiger charge is -2.18. The summed E-state index contributed by atoms with van der Waals surface area (Å²) in [5.74, 6) is 0. The third kappa shape index (κ3) is 7.69. The Balaban J connectivity index is 3.97. The number of nitrogens with two attached hydrogens (primary N) is 1. The summed E-state index contributed by atoms with van der Waals surface area (Å²) in [5.41, 5.74) is 0. The van der Waals surface area contributed by atoms with E-state index in [2.05, 4.69) is 0 Å². The molecule has 0 amide bonds. The van der Waals surface area contributed by atoms with Crippen molar-refractivity contribution in [2.24, 2.45) is 5.14 Å². The maximum atomic E-state index is 11.1. The van der Waals surface area contributed by atoms with Gasteiger partial charge in [0.1, 0.15) is 0 Å². The Morgan fingerprint density at radius 1 is 0.933 bits per heavy atom. The van der Waals surface area contributed by atoms with E-state index >= 15 is 0 Å². The van der Waals surface area contributed by atoms with Gasteiger partial charge in [0.05, 0.1) is 0 Å². The second-order valence-corrected chi connectivity index (χ2v) is 4.85. The number of nitrogens with zero attached hydrogens (tertiary/aromatic N) is 1. The fourth-order valence-electron chi connectivity index (χ4n) is 1.17. The van der Waals surface area contributed by atoms with Gasteiger partial charge in [-0.05, 0) is 25.7 Å². The van der Waals surface area contributed by atoms with Crippen LogP contribution in [0.1, 0.15) is 25.7 Å². The summed E-state index contributed by atoms with van der Waals surface area (Å²) in [4.78, 5) is 0. The molecular weight excluding hydrogens is 220 g/mol. The van der Waals surface area contributed by atoms with Crippen LogP contribution in [0.3, 0.4) is 0 Å². The Labute approximate surface area is 90.9 Å². The van der Waals surface area contributed by atoms with E-state index in [4.69, 9.17) is 15.4 Å². The molecule has 0 fully saturated rings. The van der Waals surface area contributed by atoms with Crippen molar-refractivity contribution >= 4 is 10.2 Å². The lowest BCUT2D eigenvalue weighted by molar-refractivity contribution is 0.266. The average Bonchev–Trinajstić information content (AvgIpc) is 2.14. The molecule has 0 aromatic heterocycles. The van der Waals surface area contributed by atoms with Gasteiger partial charge >= 0.3 is 0 Å². The van der Waals surface area contributed by atoms with E-state index in [0.29, 0.717) is 38.8 Å². The smallest absolute Gasteiger partial charge is 0.276 e. The number of aliphatic hydroxyl groups is 2. The normalized spacial score (nSPS) is 12.3. The molecule has 0 atom stereocenters. The summed E-state index contributed by atoms with van der Waals surface area (Å²) in [5, 5.41) is 22.1. The van der Waals surface area contributed by atoms with Crippen molar-refractivity contribution < 1.29 is 18.6 Å². The van der Waals surface area contributed by atoms with Crippen molar-refractivity contribution in [1.82, 2.24) is 4.31 Å². The van der Waals surface area contributed by atoms with Crippen molar-refractivity contribution in [1.29, 1.82) is 0 Å². The van der Waals surface area contributed by atoms with E-state index < -0.39 is 10.2 Å². The van der Waals surface area contributed by atoms with Gasteiger partial charge in [0, 0.05) is 26.3 Å². The minimum Gasteiger partial charge on any atom is -0.396 e. The van der Waals surface area contributed by atoms with Crippen LogP contribution in [-0.2, 0) is 10.2 Å². The molecule has 0 rings (SSSR count). The van der Waals surface area contributed by atoms with Crippen LogP contribution in [0.5, 0.6) is 0 Å². The molecule has 92 valence electrons. The quantitative estimate of drug-likeness (QED) is 0.451. The summed E-state index contributed by atoms with van der Waals surface area (Å²) in [6, 6.07) is 0. The largest absolute Gasteiger partial charge is 0.396 e. The molecule has 0 aliphatic heterocycles. The molecule has 0 unspecified atom stereocenters. The molecule has 0 bridgehead atoms. The SMILES string of the molecule is NS(=O)(=O)N(CCCCO)CCCCO. The highest BCUT2D eigenvalue weighted by Gasteiger charge is 2.15. The molecule has 0 spiro atoms. The van der Waals surface area contributed by atoms with Gasteiger partial charge in [-0.3, -0.25) is 0 Å². The number of unbranched alkanes of at least 4 members (excludes halogenated alkanes) is 2. The van der Waals surface area contributed by atoms with Crippen LogP contribution in [-0.4, -0.2) is 49.2 Å². The van der Waals surface area contributed by atoms with Crippen molar-refractivity contribution in [2.45, 2.75) is 25.7 Å². The van der Waals surface area contributed by atoms with Crippen molar-refractivity contribution in [2.75, 3.05) is 26.3 Å². The zero-order valence-electron chi connectivity index (χ0n) is 8.80. The molecule has 6 nitrogen and oxygen atoms in total. The van der Waals surface area contributed by atoms with Gasteiger partial charge < -0.3 is 10.2 Å². The maximum Gasteiger partial charge on any atom is 0.276 e. The molecule has 0 aromatic rings. The van der Waals surface area contributed by atoms with E-state index in [-0.39, 0.29) is 13.2 Å². The van der Waals surface area contributed by atoms with E-state index in [0.717, 1.165) is 0 Å². The summed E-state index contributed by atoms with van der Waals surface area (Å²) < 4.78 is 23.4. The second-order valence-electron chi connectivity index (χ2n) is 3.31. The molecule has 4 N–H and O–H groups in total. The maximum absolute atomic E-state index is 11.1. The topological polar surface area (TPSA) is 104 Å². The predicted molar refractivity (Wildman–Crippen MR) is 57.3 cm³/mol. The van der Waals surface area contributed by atoms with Gasteiger partial charge in [-0.25, -0.2) is 5.14 Å². The summed E-state index contributed by atoms with van der Waals surface area (Å²) >= 11 is 0. The number of aliphatic hydroxyl groups excluding tert-OH is 2. The third-order valence-corrected chi connectivity index (χ3v) is 3.08. The van der Waals surface area contributed by atoms with Gasteiger partial charge in [-0.2, -0.15) is 12.7 Å². The minimum absolute atomic E-state index is 0.0507. The number of hydrogen-bond acceptors (Lipinski definition) is 4. The van der Waals surface area contributed by atoms with Crippen LogP contribution in [0.4, 0.5) is 0 Å². The molecule has 0 radical (unpaired) electrons. The highest BCUT2D eigenvalue weighted by Crippen LogP contribution is 2.02. The lowest BCUT2D eigenvalue weighted by Crippen LogP contribution is -2.38. The van der Waals surface area contributed by atoms with Crippen LogP contribution in [0.2, 0.25) is 0 Å². The number of rotatable bonds is 9. The van der Waals surface area contributed by atoms with Crippen LogP contribution >= 0.6 is 0 Å². The Hall–Kier alpha value is -0.210. The molecular formula is C8H20N2O4S. The van der Waals surface area contributed by atoms with Crippen molar-refractivity contribution in [3.05, 3.63) is 0 Å². The van der Waals surface area contributed by atoms with Crippen LogP contribution < -0.4 is 5.14 Å². The van der Waals surface area contributed by atoms with Crippen molar-refractivity contribution in [3.8, 4) is 0 Å². The van der Waals surface area contributed by atoms with E-state index in [1.807, 2.05) is 0 Å². The number of hydrogen-bond donors (Lipinski definition) is 3. The van der Waals surface area contributed by atoms with Crippen LogP contribution in [0, 0.1) is 0 Å². The van der Waals surface area contributed by atoms with Crippen LogP contribution in [0.15, 0.2) is 0 Å². The monoisotopic (exact) mass is 240 g/mol. The Bertz CT molecular complexity index is 233. The molecule has 0 aromatic carbocycles. The van der Waals surface area contributed by atoms with Gasteiger partial charge in [0.2, 0.25) is 0 Å². The molecule has 15 heavy (non-hydrogen) atoms. The minimum atomic E-state index is -3.66. The Morgan fingerprint density at radius 3 is 1.60 bits per heavy atom. The standard InChI is InChI=1S/C8H20N2O4S/c9-15(13,14)10(5-1-3-7-11)6-2-4-8-12/h11-12H,1-8H2,(H2,9,13,14). The van der Waals surface area contributed by atoms with E-state index in [9.17, 15) is 8.42 Å². The fourth-order valence-corrected chi connectivity index (χ4v) is 1.93. The zero-order chi connectivity index (χ0) is 11.7. The zero-order valence-corrected chi connectivity index (χ0v) is 9.62. The first-order valence-corrected chi connectivity index (χ1v) is 6.52. The Morgan fingerprint density at radius 2 is 1.33 bits per heavy atom. The average molecular weight is 240 g/mol. The molecule has 7 heteroatoms. The first-order chi connectivity index (χ1) is 7.02. The summed E-state index contributed by atoms with van der Waals surface area (Å²) in [7, 11) is -3.66. The van der Waals surface area contributed by atoms with E-state index in [1.165, 1.54) is 4.31 Å². The highest BCUT2D eigenvalue weighted by atomic mass is 32.2. The summed E-state index contributed by atoms with van der Waals surface area (Å²) in [6.07, 6.45) is 2.30. The van der Waals surface area contributed by atoms with E-state index in [1.54, 1.807) is 0 Å². The molecule has 0 heterocycles. The fraction of sp³-hybridized carbons (Fsp3) is 1.00. The second kappa shape index (κ2) is 8.00. The Kier molecular flexibility index (Phi) is 7.89. The first kappa shape index (κ1) is 14.8. The highest BCUT2D eigenvalue weighted by molar-refractivity contribution is 7.86. The third-order valence-electron chi connectivity index (χ3n) is 1.99. The van der Waals surface area contributed by atoms with Gasteiger partial charge in [-0.1, -0.05) is 0 Å². The first-order valence-electron chi connectivity index (χ1n) is 5.02. The van der Waals surface area contributed by atoms with Gasteiger partial charge in [-0.15, -0.1) is 0 Å². The molecule has 0 aliphatic carbocycles. The lowest BCUT2D eigenvalue weighted by atomic mass is 10.3.